The Morgan fingerprint density at radius 2 is 2.10 bits per heavy atom. The van der Waals surface area contributed by atoms with Crippen molar-refractivity contribution in [1.82, 2.24) is 23.9 Å². The predicted molar refractivity (Wildman–Crippen MR) is 109 cm³/mol. The first-order valence-electron chi connectivity index (χ1n) is 9.13. The van der Waals surface area contributed by atoms with E-state index in [0.717, 1.165) is 14.9 Å². The van der Waals surface area contributed by atoms with Gasteiger partial charge in [-0.05, 0) is 25.1 Å². The lowest BCUT2D eigenvalue weighted by atomic mass is 10.1. The Kier molecular flexibility index (Phi) is 4.05. The maximum absolute atomic E-state index is 12.1. The van der Waals surface area contributed by atoms with Gasteiger partial charge in [0.25, 0.3) is 0 Å². The van der Waals surface area contributed by atoms with E-state index in [1.54, 1.807) is 18.5 Å². The van der Waals surface area contributed by atoms with Gasteiger partial charge in [0.2, 0.25) is 0 Å². The van der Waals surface area contributed by atoms with Crippen LogP contribution in [0.3, 0.4) is 0 Å². The third kappa shape index (κ3) is 2.94. The summed E-state index contributed by atoms with van der Waals surface area (Å²) >= 11 is 0. The van der Waals surface area contributed by atoms with Crippen molar-refractivity contribution < 1.29 is 13.2 Å². The van der Waals surface area contributed by atoms with Crippen molar-refractivity contribution in [1.29, 1.82) is 0 Å². The van der Waals surface area contributed by atoms with Gasteiger partial charge in [-0.25, -0.2) is 24.1 Å². The van der Waals surface area contributed by atoms with Crippen molar-refractivity contribution in [2.75, 3.05) is 24.7 Å². The minimum absolute atomic E-state index is 0.0808. The molecule has 150 valence electrons. The maximum Gasteiger partial charge on any atom is 0.304 e. The van der Waals surface area contributed by atoms with Crippen LogP contribution in [0, 0.1) is 0 Å². The molecule has 11 heteroatoms. The molecule has 0 spiro atoms. The Labute approximate surface area is 166 Å². The van der Waals surface area contributed by atoms with E-state index in [1.807, 2.05) is 19.1 Å². The van der Waals surface area contributed by atoms with Gasteiger partial charge in [-0.1, -0.05) is 0 Å². The molecule has 0 aliphatic carbocycles. The molecule has 29 heavy (non-hydrogen) atoms. The lowest BCUT2D eigenvalue weighted by Crippen LogP contribution is -2.44. The Bertz CT molecular complexity index is 1330. The molecule has 3 N–H and O–H groups in total. The molecule has 5 rings (SSSR count). The van der Waals surface area contributed by atoms with E-state index in [4.69, 9.17) is 14.9 Å². The zero-order chi connectivity index (χ0) is 20.2. The van der Waals surface area contributed by atoms with E-state index in [9.17, 15) is 8.42 Å². The largest absolute Gasteiger partial charge is 0.377 e. The van der Waals surface area contributed by atoms with Gasteiger partial charge in [-0.3, -0.25) is 0 Å². The molecule has 10 nitrogen and oxygen atoms in total. The molecule has 0 radical (unpaired) electrons. The van der Waals surface area contributed by atoms with Crippen LogP contribution in [-0.2, 0) is 14.9 Å². The fraction of sp³-hybridized carbons (Fsp3) is 0.278. The summed E-state index contributed by atoms with van der Waals surface area (Å²) in [6.45, 7) is 3.82. The second-order valence-electron chi connectivity index (χ2n) is 6.98. The molecule has 0 bridgehead atoms. The molecule has 1 saturated heterocycles. The standard InChI is InChI=1S/C18H19N7O3S/c1-11-10-28-9-8-24(11)17-14-4-7-25(29(19,26)27)18(14)23-16(22-17)13-3-6-21-15-12(13)2-5-20-15/h2-7,11H,8-10H2,1H3,(H,20,21)(H2,19,26,27)/t11-/m1/s1. The van der Waals surface area contributed by atoms with Gasteiger partial charge in [0, 0.05) is 36.1 Å². The quantitative estimate of drug-likeness (QED) is 0.516. The van der Waals surface area contributed by atoms with Crippen LogP contribution in [0.4, 0.5) is 5.82 Å². The summed E-state index contributed by atoms with van der Waals surface area (Å²) in [6, 6.07) is 5.46. The summed E-state index contributed by atoms with van der Waals surface area (Å²) in [5, 5.41) is 6.88. The molecule has 1 fully saturated rings. The molecule has 1 atom stereocenters. The van der Waals surface area contributed by atoms with Gasteiger partial charge in [-0.2, -0.15) is 8.42 Å². The second kappa shape index (κ2) is 6.51. The van der Waals surface area contributed by atoms with Crippen LogP contribution in [0.15, 0.2) is 36.8 Å². The van der Waals surface area contributed by atoms with Crippen molar-refractivity contribution >= 4 is 38.1 Å². The number of fused-ring (bicyclic) bond motifs is 2. The SMILES string of the molecule is C[C@@H]1COCCN1c1nc(-c2ccnc3[nH]ccc23)nc2c1ccn2S(N)(=O)=O. The first-order chi connectivity index (χ1) is 13.9. The van der Waals surface area contributed by atoms with Crippen LogP contribution in [0.1, 0.15) is 6.92 Å². The summed E-state index contributed by atoms with van der Waals surface area (Å²) in [4.78, 5) is 18.9. The Hall–Kier alpha value is -3.02. The topological polar surface area (TPSA) is 132 Å². The van der Waals surface area contributed by atoms with Crippen LogP contribution in [0.5, 0.6) is 0 Å². The van der Waals surface area contributed by atoms with Gasteiger partial charge < -0.3 is 14.6 Å². The van der Waals surface area contributed by atoms with Crippen molar-refractivity contribution in [2.24, 2.45) is 5.14 Å². The molecule has 4 aromatic rings. The number of nitrogens with two attached hydrogens (primary N) is 1. The van der Waals surface area contributed by atoms with Crippen molar-refractivity contribution in [3.8, 4) is 11.4 Å². The number of aromatic amines is 1. The normalized spacial score (nSPS) is 18.0. The number of morpholine rings is 1. The summed E-state index contributed by atoms with van der Waals surface area (Å²) in [6.07, 6.45) is 4.86. The van der Waals surface area contributed by atoms with Crippen molar-refractivity contribution in [3.05, 3.63) is 36.8 Å². The highest BCUT2D eigenvalue weighted by Crippen LogP contribution is 2.32. The van der Waals surface area contributed by atoms with Crippen LogP contribution in [-0.4, -0.2) is 58.1 Å². The maximum atomic E-state index is 12.1. The first-order valence-corrected chi connectivity index (χ1v) is 10.6. The average Bonchev–Trinajstić information content (AvgIpc) is 3.34. The van der Waals surface area contributed by atoms with E-state index in [1.165, 1.54) is 6.20 Å². The summed E-state index contributed by atoms with van der Waals surface area (Å²) in [5.74, 6) is 1.06. The average molecular weight is 413 g/mol. The highest BCUT2D eigenvalue weighted by molar-refractivity contribution is 7.87. The number of hydrogen-bond acceptors (Lipinski definition) is 7. The molecule has 4 aromatic heterocycles. The van der Waals surface area contributed by atoms with Crippen molar-refractivity contribution in [2.45, 2.75) is 13.0 Å². The van der Waals surface area contributed by atoms with E-state index < -0.39 is 10.2 Å². The summed E-state index contributed by atoms with van der Waals surface area (Å²) in [5.41, 5.74) is 1.70. The predicted octanol–water partition coefficient (Wildman–Crippen LogP) is 1.25. The molecule has 5 heterocycles. The van der Waals surface area contributed by atoms with Crippen molar-refractivity contribution in [3.63, 3.8) is 0 Å². The monoisotopic (exact) mass is 413 g/mol. The fourth-order valence-corrected chi connectivity index (χ4v) is 4.33. The lowest BCUT2D eigenvalue weighted by Gasteiger charge is -2.34. The molecule has 0 saturated carbocycles. The van der Waals surface area contributed by atoms with Gasteiger partial charge >= 0.3 is 10.2 Å². The minimum atomic E-state index is -4.01. The zero-order valence-corrected chi connectivity index (χ0v) is 16.4. The summed E-state index contributed by atoms with van der Waals surface area (Å²) in [7, 11) is -4.01. The van der Waals surface area contributed by atoms with Gasteiger partial charge in [-0.15, -0.1) is 0 Å². The molecule has 0 unspecified atom stereocenters. The highest BCUT2D eigenvalue weighted by atomic mass is 32.2. The van der Waals surface area contributed by atoms with E-state index in [2.05, 4.69) is 19.9 Å². The third-order valence-electron chi connectivity index (χ3n) is 5.11. The fourth-order valence-electron chi connectivity index (χ4n) is 3.72. The number of ether oxygens (including phenoxy) is 1. The van der Waals surface area contributed by atoms with Crippen LogP contribution >= 0.6 is 0 Å². The number of rotatable bonds is 3. The minimum Gasteiger partial charge on any atom is -0.377 e. The Balaban J connectivity index is 1.82. The van der Waals surface area contributed by atoms with E-state index >= 15 is 0 Å². The lowest BCUT2D eigenvalue weighted by molar-refractivity contribution is 0.0987. The summed E-state index contributed by atoms with van der Waals surface area (Å²) < 4.78 is 30.8. The number of anilines is 1. The molecule has 0 amide bonds. The highest BCUT2D eigenvalue weighted by Gasteiger charge is 2.26. The smallest absolute Gasteiger partial charge is 0.304 e. The molecule has 1 aliphatic rings. The number of hydrogen-bond donors (Lipinski definition) is 2. The van der Waals surface area contributed by atoms with Gasteiger partial charge in [0.1, 0.15) is 11.5 Å². The number of H-pyrrole nitrogens is 1. The Morgan fingerprint density at radius 1 is 1.24 bits per heavy atom. The van der Waals surface area contributed by atoms with E-state index in [-0.39, 0.29) is 11.7 Å². The molecule has 0 aromatic carbocycles. The van der Waals surface area contributed by atoms with Crippen LogP contribution in [0.2, 0.25) is 0 Å². The Morgan fingerprint density at radius 3 is 2.90 bits per heavy atom. The number of aromatic nitrogens is 5. The number of pyridine rings is 1. The second-order valence-corrected chi connectivity index (χ2v) is 8.40. The van der Waals surface area contributed by atoms with Crippen LogP contribution in [0.25, 0.3) is 33.5 Å². The molecule has 1 aliphatic heterocycles. The molecular weight excluding hydrogens is 394 g/mol. The first kappa shape index (κ1) is 18.0. The zero-order valence-electron chi connectivity index (χ0n) is 15.6. The van der Waals surface area contributed by atoms with Crippen LogP contribution < -0.4 is 10.0 Å². The molecular formula is C18H19N7O3S. The van der Waals surface area contributed by atoms with E-state index in [0.29, 0.717) is 42.4 Å². The third-order valence-corrected chi connectivity index (χ3v) is 5.95. The number of nitrogens with one attached hydrogen (secondary N) is 1. The van der Waals surface area contributed by atoms with Gasteiger partial charge in [0.15, 0.2) is 11.5 Å². The van der Waals surface area contributed by atoms with Gasteiger partial charge in [0.05, 0.1) is 24.6 Å². The number of nitrogens with zero attached hydrogens (tertiary/aromatic N) is 5.